The lowest BCUT2D eigenvalue weighted by molar-refractivity contribution is -0.119. The molecule has 7 nitrogen and oxygen atoms in total. The van der Waals surface area contributed by atoms with Crippen molar-refractivity contribution in [3.05, 3.63) is 62.5 Å². The molecule has 4 rings (SSSR count). The number of carbonyl (C=O) groups excluding carboxylic acids is 1. The van der Waals surface area contributed by atoms with Crippen LogP contribution in [-0.4, -0.2) is 52.7 Å². The number of Topliss-reactive ketones (excluding diaryl/α,β-unsaturated/α-hetero) is 1. The van der Waals surface area contributed by atoms with Crippen LogP contribution in [-0.2, 0) is 14.3 Å². The Balaban J connectivity index is 1.42. The molecule has 0 fully saturated rings. The summed E-state index contributed by atoms with van der Waals surface area (Å²) in [6.45, 7) is 13.1. The first-order chi connectivity index (χ1) is 18.8. The van der Waals surface area contributed by atoms with Crippen LogP contribution >= 0.6 is 22.9 Å². The van der Waals surface area contributed by atoms with Gasteiger partial charge in [-0.15, -0.1) is 21.5 Å². The van der Waals surface area contributed by atoms with Gasteiger partial charge in [-0.25, -0.2) is 0 Å². The Bertz CT molecular complexity index is 1300. The predicted molar refractivity (Wildman–Crippen MR) is 158 cm³/mol. The molecule has 0 radical (unpaired) electrons. The minimum atomic E-state index is -0.427. The predicted octanol–water partition coefficient (Wildman–Crippen LogP) is 7.01. The van der Waals surface area contributed by atoms with Gasteiger partial charge in [-0.2, -0.15) is 0 Å². The van der Waals surface area contributed by atoms with Crippen molar-refractivity contribution < 1.29 is 14.3 Å². The number of aliphatic imine (C=N–C) groups is 1. The molecule has 0 amide bonds. The number of carbonyl (C=O) groups is 1. The van der Waals surface area contributed by atoms with Crippen molar-refractivity contribution >= 4 is 34.4 Å². The van der Waals surface area contributed by atoms with E-state index in [1.54, 1.807) is 11.3 Å². The maximum absolute atomic E-state index is 13.1. The number of aryl methyl sites for hydroxylation is 2. The third-order valence-electron chi connectivity index (χ3n) is 6.96. The molecule has 0 N–H and O–H groups in total. The monoisotopic (exact) mass is 570 g/mol. The van der Waals surface area contributed by atoms with E-state index in [4.69, 9.17) is 26.1 Å². The Hall–Kier alpha value is -2.39. The molecule has 0 aliphatic carbocycles. The standard InChI is InChI=1S/C30H39ClN4O3S/c1-19(2)8-6-14-37-16-17-38-15-7-9-25(36)18-26-29-34-33-22(5)35(29)30-27(20(3)21(4)39-30)28(32-26)23-10-12-24(31)13-11-23/h10-13,19,26H,6-9,14-18H2,1-5H3/t26-/m0/s1. The zero-order valence-electron chi connectivity index (χ0n) is 23.6. The van der Waals surface area contributed by atoms with Gasteiger partial charge < -0.3 is 9.47 Å². The van der Waals surface area contributed by atoms with Gasteiger partial charge in [0.05, 0.1) is 18.9 Å². The summed E-state index contributed by atoms with van der Waals surface area (Å²) in [4.78, 5) is 19.5. The minimum absolute atomic E-state index is 0.137. The molecule has 1 aliphatic rings. The fraction of sp³-hybridized carbons (Fsp3) is 0.533. The highest BCUT2D eigenvalue weighted by atomic mass is 35.5. The van der Waals surface area contributed by atoms with Crippen molar-refractivity contribution in [2.75, 3.05) is 26.4 Å². The van der Waals surface area contributed by atoms with Crippen LogP contribution in [0.5, 0.6) is 0 Å². The molecule has 0 spiro atoms. The van der Waals surface area contributed by atoms with E-state index in [2.05, 4.69) is 42.5 Å². The molecule has 0 unspecified atom stereocenters. The Kier molecular flexibility index (Phi) is 10.5. The third-order valence-corrected chi connectivity index (χ3v) is 8.41. The van der Waals surface area contributed by atoms with Gasteiger partial charge in [-0.3, -0.25) is 14.4 Å². The molecule has 39 heavy (non-hydrogen) atoms. The van der Waals surface area contributed by atoms with Crippen LogP contribution in [0.1, 0.15) is 85.2 Å². The second kappa shape index (κ2) is 13.8. The van der Waals surface area contributed by atoms with Crippen molar-refractivity contribution in [3.63, 3.8) is 0 Å². The third kappa shape index (κ3) is 7.42. The number of ketones is 1. The molecule has 0 bridgehead atoms. The molecule has 3 heterocycles. The fourth-order valence-electron chi connectivity index (χ4n) is 4.74. The van der Waals surface area contributed by atoms with E-state index in [1.165, 1.54) is 16.9 Å². The summed E-state index contributed by atoms with van der Waals surface area (Å²) in [6.07, 6.45) is 3.63. The zero-order valence-corrected chi connectivity index (χ0v) is 25.2. The second-order valence-corrected chi connectivity index (χ2v) is 12.2. The Morgan fingerprint density at radius 3 is 2.41 bits per heavy atom. The average Bonchev–Trinajstić information content (AvgIpc) is 3.37. The number of benzene rings is 1. The highest BCUT2D eigenvalue weighted by molar-refractivity contribution is 7.15. The van der Waals surface area contributed by atoms with E-state index in [1.807, 2.05) is 31.2 Å². The number of aromatic nitrogens is 3. The molecular weight excluding hydrogens is 532 g/mol. The van der Waals surface area contributed by atoms with E-state index in [9.17, 15) is 4.79 Å². The minimum Gasteiger partial charge on any atom is -0.379 e. The Morgan fingerprint density at radius 2 is 1.72 bits per heavy atom. The lowest BCUT2D eigenvalue weighted by Gasteiger charge is -2.12. The summed E-state index contributed by atoms with van der Waals surface area (Å²) in [5.74, 6) is 2.34. The normalized spacial score (nSPS) is 14.7. The number of fused-ring (bicyclic) bond motifs is 3. The van der Waals surface area contributed by atoms with Crippen molar-refractivity contribution in [1.29, 1.82) is 0 Å². The van der Waals surface area contributed by atoms with E-state index in [-0.39, 0.29) is 12.2 Å². The summed E-state index contributed by atoms with van der Waals surface area (Å²) in [7, 11) is 0. The number of rotatable bonds is 14. The smallest absolute Gasteiger partial charge is 0.163 e. The maximum Gasteiger partial charge on any atom is 0.163 e. The number of hydrogen-bond acceptors (Lipinski definition) is 7. The molecule has 1 aliphatic heterocycles. The van der Waals surface area contributed by atoms with Crippen molar-refractivity contribution in [2.45, 2.75) is 72.8 Å². The van der Waals surface area contributed by atoms with E-state index < -0.39 is 6.04 Å². The molecule has 1 aromatic carbocycles. The largest absolute Gasteiger partial charge is 0.379 e. The van der Waals surface area contributed by atoms with Gasteiger partial charge in [0, 0.05) is 47.1 Å². The molecule has 3 aromatic rings. The van der Waals surface area contributed by atoms with Crippen LogP contribution in [0.15, 0.2) is 29.3 Å². The molecule has 1 atom stereocenters. The number of thiophene rings is 1. The second-order valence-electron chi connectivity index (χ2n) is 10.5. The quantitative estimate of drug-likeness (QED) is 0.195. The topological polar surface area (TPSA) is 78.6 Å². The van der Waals surface area contributed by atoms with E-state index in [0.29, 0.717) is 49.4 Å². The van der Waals surface area contributed by atoms with Crippen LogP contribution in [0.4, 0.5) is 0 Å². The molecule has 0 saturated heterocycles. The SMILES string of the molecule is Cc1sc2c(c1C)C(c1ccc(Cl)cc1)=N[C@@H](CC(=O)CCCOCCOCCCC(C)C)c1nnc(C)n1-2. The van der Waals surface area contributed by atoms with Crippen molar-refractivity contribution in [3.8, 4) is 5.00 Å². The molecule has 210 valence electrons. The zero-order chi connectivity index (χ0) is 27.9. The highest BCUT2D eigenvalue weighted by Gasteiger charge is 2.32. The van der Waals surface area contributed by atoms with Gasteiger partial charge in [0.25, 0.3) is 0 Å². The molecule has 9 heteroatoms. The van der Waals surface area contributed by atoms with Crippen LogP contribution in [0.25, 0.3) is 5.00 Å². The van der Waals surface area contributed by atoms with Crippen LogP contribution < -0.4 is 0 Å². The summed E-state index contributed by atoms with van der Waals surface area (Å²) in [5.41, 5.74) is 4.08. The molecule has 2 aromatic heterocycles. The summed E-state index contributed by atoms with van der Waals surface area (Å²) in [5, 5.41) is 10.6. The number of hydrogen-bond donors (Lipinski definition) is 0. The van der Waals surface area contributed by atoms with Gasteiger partial charge in [-0.1, -0.05) is 37.6 Å². The maximum atomic E-state index is 13.1. The summed E-state index contributed by atoms with van der Waals surface area (Å²) >= 11 is 7.90. The number of ether oxygens (including phenoxy) is 2. The summed E-state index contributed by atoms with van der Waals surface area (Å²) < 4.78 is 13.4. The summed E-state index contributed by atoms with van der Waals surface area (Å²) in [6, 6.07) is 7.30. The Labute approximate surface area is 240 Å². The van der Waals surface area contributed by atoms with Gasteiger partial charge >= 0.3 is 0 Å². The average molecular weight is 571 g/mol. The first kappa shape index (κ1) is 29.6. The van der Waals surface area contributed by atoms with Crippen molar-refractivity contribution in [2.24, 2.45) is 10.9 Å². The van der Waals surface area contributed by atoms with Gasteiger partial charge in [0.15, 0.2) is 5.82 Å². The number of nitrogens with zero attached hydrogens (tertiary/aromatic N) is 4. The number of halogens is 1. The van der Waals surface area contributed by atoms with Crippen molar-refractivity contribution in [1.82, 2.24) is 14.8 Å². The fourth-order valence-corrected chi connectivity index (χ4v) is 6.08. The van der Waals surface area contributed by atoms with Gasteiger partial charge in [0.2, 0.25) is 0 Å². The van der Waals surface area contributed by atoms with Gasteiger partial charge in [0.1, 0.15) is 22.7 Å². The van der Waals surface area contributed by atoms with Crippen LogP contribution in [0.3, 0.4) is 0 Å². The molecular formula is C30H39ClN4O3S. The van der Waals surface area contributed by atoms with E-state index >= 15 is 0 Å². The molecule has 0 saturated carbocycles. The van der Waals surface area contributed by atoms with E-state index in [0.717, 1.165) is 40.7 Å². The first-order valence-electron chi connectivity index (χ1n) is 13.8. The van der Waals surface area contributed by atoms with Crippen LogP contribution in [0.2, 0.25) is 5.02 Å². The Morgan fingerprint density at radius 1 is 1.03 bits per heavy atom. The highest BCUT2D eigenvalue weighted by Crippen LogP contribution is 2.39. The lowest BCUT2D eigenvalue weighted by atomic mass is 9.99. The lowest BCUT2D eigenvalue weighted by Crippen LogP contribution is -2.12. The first-order valence-corrected chi connectivity index (χ1v) is 15.0. The van der Waals surface area contributed by atoms with Gasteiger partial charge in [-0.05, 0) is 63.6 Å². The van der Waals surface area contributed by atoms with Crippen LogP contribution in [0, 0.1) is 26.7 Å².